The Morgan fingerprint density at radius 2 is 1.79 bits per heavy atom. The molecule has 3 nitrogen and oxygen atoms in total. The summed E-state index contributed by atoms with van der Waals surface area (Å²) in [5.41, 5.74) is 7.64. The molecule has 2 rings (SSSR count). The van der Waals surface area contributed by atoms with Crippen LogP contribution in [0.3, 0.4) is 0 Å². The molecule has 0 aliphatic heterocycles. The molecule has 0 spiro atoms. The fourth-order valence-electron chi connectivity index (χ4n) is 2.13. The predicted octanol–water partition coefficient (Wildman–Crippen LogP) is 5.61. The Morgan fingerprint density at radius 1 is 1.17 bits per heavy atom. The molecule has 1 unspecified atom stereocenters. The molecule has 0 bridgehead atoms. The Balaban J connectivity index is 1.90. The average molecular weight is 385 g/mol. The van der Waals surface area contributed by atoms with Gasteiger partial charge in [0.15, 0.2) is 0 Å². The van der Waals surface area contributed by atoms with Crippen molar-refractivity contribution in [1.29, 1.82) is 0 Å². The van der Waals surface area contributed by atoms with Crippen molar-refractivity contribution in [1.82, 2.24) is 0 Å². The Kier molecular flexibility index (Phi) is 7.56. The SMILES string of the molecule is CCCCSc1ccc(NCC(O)c2cc(Cl)c(N)c(Cl)c2)cc1. The van der Waals surface area contributed by atoms with Crippen LogP contribution in [0.5, 0.6) is 0 Å². The topological polar surface area (TPSA) is 58.3 Å². The zero-order valence-corrected chi connectivity index (χ0v) is 15.9. The lowest BCUT2D eigenvalue weighted by molar-refractivity contribution is 0.191. The predicted molar refractivity (Wildman–Crippen MR) is 106 cm³/mol. The van der Waals surface area contributed by atoms with E-state index in [1.807, 2.05) is 23.9 Å². The number of anilines is 2. The van der Waals surface area contributed by atoms with Gasteiger partial charge < -0.3 is 16.2 Å². The van der Waals surface area contributed by atoms with Gasteiger partial charge in [-0.1, -0.05) is 36.5 Å². The van der Waals surface area contributed by atoms with Gasteiger partial charge in [-0.25, -0.2) is 0 Å². The van der Waals surface area contributed by atoms with Crippen molar-refractivity contribution >= 4 is 46.3 Å². The van der Waals surface area contributed by atoms with Gasteiger partial charge in [-0.3, -0.25) is 0 Å². The lowest BCUT2D eigenvalue weighted by Crippen LogP contribution is -2.12. The van der Waals surface area contributed by atoms with Crippen LogP contribution >= 0.6 is 35.0 Å². The van der Waals surface area contributed by atoms with E-state index in [1.54, 1.807) is 12.1 Å². The van der Waals surface area contributed by atoms with Crippen molar-refractivity contribution in [3.63, 3.8) is 0 Å². The number of nitrogen functional groups attached to an aromatic ring is 1. The van der Waals surface area contributed by atoms with Crippen LogP contribution < -0.4 is 11.1 Å². The van der Waals surface area contributed by atoms with E-state index in [-0.39, 0.29) is 0 Å². The second-order valence-corrected chi connectivity index (χ2v) is 7.50. The van der Waals surface area contributed by atoms with Crippen LogP contribution in [0.2, 0.25) is 10.0 Å². The van der Waals surface area contributed by atoms with Gasteiger partial charge in [-0.2, -0.15) is 0 Å². The summed E-state index contributed by atoms with van der Waals surface area (Å²) in [4.78, 5) is 1.26. The lowest BCUT2D eigenvalue weighted by atomic mass is 10.1. The third-order valence-corrected chi connectivity index (χ3v) is 5.33. The van der Waals surface area contributed by atoms with E-state index in [1.165, 1.54) is 17.7 Å². The molecule has 0 fully saturated rings. The molecule has 4 N–H and O–H groups in total. The number of unbranched alkanes of at least 4 members (excludes halogenated alkanes) is 1. The zero-order chi connectivity index (χ0) is 17.5. The highest BCUT2D eigenvalue weighted by molar-refractivity contribution is 7.99. The molecule has 2 aromatic carbocycles. The van der Waals surface area contributed by atoms with E-state index in [4.69, 9.17) is 28.9 Å². The summed E-state index contributed by atoms with van der Waals surface area (Å²) in [5, 5.41) is 14.2. The van der Waals surface area contributed by atoms with Gasteiger partial charge in [-0.05, 0) is 54.1 Å². The first kappa shape index (κ1) is 19.3. The van der Waals surface area contributed by atoms with Crippen LogP contribution in [0.1, 0.15) is 31.4 Å². The maximum Gasteiger partial charge on any atom is 0.0963 e. The van der Waals surface area contributed by atoms with E-state index in [0.717, 1.165) is 11.4 Å². The summed E-state index contributed by atoms with van der Waals surface area (Å²) in [6, 6.07) is 11.5. The number of hydrogen-bond acceptors (Lipinski definition) is 4. The van der Waals surface area contributed by atoms with E-state index >= 15 is 0 Å². The van der Waals surface area contributed by atoms with Crippen molar-refractivity contribution in [2.45, 2.75) is 30.8 Å². The summed E-state index contributed by atoms with van der Waals surface area (Å²) in [6.45, 7) is 2.55. The second-order valence-electron chi connectivity index (χ2n) is 5.52. The van der Waals surface area contributed by atoms with Crippen molar-refractivity contribution in [3.05, 3.63) is 52.0 Å². The minimum atomic E-state index is -0.723. The maximum atomic E-state index is 10.3. The molecule has 0 heterocycles. The highest BCUT2D eigenvalue weighted by Gasteiger charge is 2.12. The molecular weight excluding hydrogens is 363 g/mol. The van der Waals surface area contributed by atoms with Gasteiger partial charge in [0.1, 0.15) is 0 Å². The highest BCUT2D eigenvalue weighted by atomic mass is 35.5. The van der Waals surface area contributed by atoms with E-state index in [2.05, 4.69) is 24.4 Å². The van der Waals surface area contributed by atoms with E-state index in [9.17, 15) is 5.11 Å². The standard InChI is InChI=1S/C18H22Cl2N2OS/c1-2-3-8-24-14-6-4-13(5-7-14)22-11-17(23)12-9-15(19)18(21)16(20)10-12/h4-7,9-10,17,22-23H,2-3,8,11,21H2,1H3. The average Bonchev–Trinajstić information content (AvgIpc) is 2.58. The number of nitrogens with two attached hydrogens (primary N) is 1. The van der Waals surface area contributed by atoms with Gasteiger partial charge in [-0.15, -0.1) is 11.8 Å². The first-order valence-electron chi connectivity index (χ1n) is 7.90. The minimum Gasteiger partial charge on any atom is -0.396 e. The Labute approximate surface area is 157 Å². The monoisotopic (exact) mass is 384 g/mol. The number of nitrogens with one attached hydrogen (secondary N) is 1. The largest absolute Gasteiger partial charge is 0.396 e. The molecule has 1 atom stereocenters. The minimum absolute atomic E-state index is 0.332. The molecule has 6 heteroatoms. The van der Waals surface area contributed by atoms with Crippen molar-refractivity contribution in [2.75, 3.05) is 23.3 Å². The van der Waals surface area contributed by atoms with Crippen molar-refractivity contribution in [3.8, 4) is 0 Å². The smallest absolute Gasteiger partial charge is 0.0963 e. The molecule has 0 aliphatic carbocycles. The molecular formula is C18H22Cl2N2OS. The van der Waals surface area contributed by atoms with Crippen molar-refractivity contribution in [2.24, 2.45) is 0 Å². The van der Waals surface area contributed by atoms with Gasteiger partial charge >= 0.3 is 0 Å². The van der Waals surface area contributed by atoms with Gasteiger partial charge in [0.2, 0.25) is 0 Å². The van der Waals surface area contributed by atoms with Crippen LogP contribution in [0.25, 0.3) is 0 Å². The quantitative estimate of drug-likeness (QED) is 0.314. The molecule has 0 saturated heterocycles. The third kappa shape index (κ3) is 5.49. The number of hydrogen-bond donors (Lipinski definition) is 3. The van der Waals surface area contributed by atoms with Crippen LogP contribution in [0.4, 0.5) is 11.4 Å². The molecule has 0 saturated carbocycles. The first-order chi connectivity index (χ1) is 11.5. The number of thioether (sulfide) groups is 1. The summed E-state index contributed by atoms with van der Waals surface area (Å²) in [6.07, 6.45) is 1.71. The molecule has 2 aromatic rings. The van der Waals surface area contributed by atoms with E-state index < -0.39 is 6.10 Å². The molecule has 130 valence electrons. The van der Waals surface area contributed by atoms with Crippen molar-refractivity contribution < 1.29 is 5.11 Å². The van der Waals surface area contributed by atoms with Crippen LogP contribution in [-0.2, 0) is 0 Å². The molecule has 0 amide bonds. The second kappa shape index (κ2) is 9.42. The summed E-state index contributed by atoms with van der Waals surface area (Å²) in [7, 11) is 0. The normalized spacial score (nSPS) is 12.2. The number of rotatable bonds is 8. The fourth-order valence-corrected chi connectivity index (χ4v) is 3.63. The van der Waals surface area contributed by atoms with E-state index in [0.29, 0.717) is 27.8 Å². The van der Waals surface area contributed by atoms with Crippen LogP contribution in [0.15, 0.2) is 41.3 Å². The van der Waals surface area contributed by atoms with Gasteiger partial charge in [0.05, 0.1) is 21.8 Å². The van der Waals surface area contributed by atoms with Gasteiger partial charge in [0.25, 0.3) is 0 Å². The first-order valence-corrected chi connectivity index (χ1v) is 9.64. The number of aliphatic hydroxyl groups is 1. The summed E-state index contributed by atoms with van der Waals surface area (Å²) in [5.74, 6) is 1.14. The molecule has 0 aliphatic rings. The summed E-state index contributed by atoms with van der Waals surface area (Å²) < 4.78 is 0. The Morgan fingerprint density at radius 3 is 2.38 bits per heavy atom. The van der Waals surface area contributed by atoms with Crippen LogP contribution in [0, 0.1) is 0 Å². The highest BCUT2D eigenvalue weighted by Crippen LogP contribution is 2.31. The Hall–Kier alpha value is -1.07. The number of halogens is 2. The zero-order valence-electron chi connectivity index (χ0n) is 13.6. The third-order valence-electron chi connectivity index (χ3n) is 3.61. The maximum absolute atomic E-state index is 10.3. The lowest BCUT2D eigenvalue weighted by Gasteiger charge is -2.15. The fraction of sp³-hybridized carbons (Fsp3) is 0.333. The van der Waals surface area contributed by atoms with Gasteiger partial charge in [0, 0.05) is 17.1 Å². The molecule has 24 heavy (non-hydrogen) atoms. The molecule has 0 aromatic heterocycles. The molecule has 0 radical (unpaired) electrons. The number of benzene rings is 2. The number of aliphatic hydroxyl groups excluding tert-OH is 1. The summed E-state index contributed by atoms with van der Waals surface area (Å²) >= 11 is 13.9. The van der Waals surface area contributed by atoms with Crippen LogP contribution in [-0.4, -0.2) is 17.4 Å². The Bertz CT molecular complexity index is 642.